The highest BCUT2D eigenvalue weighted by atomic mass is 16.6. The van der Waals surface area contributed by atoms with Gasteiger partial charge in [-0.15, -0.1) is 0 Å². The van der Waals surface area contributed by atoms with Gasteiger partial charge in [0.15, 0.2) is 0 Å². The third kappa shape index (κ3) is 9.12. The molecule has 0 saturated carbocycles. The first-order valence-corrected chi connectivity index (χ1v) is 12.7. The molecule has 2 unspecified atom stereocenters. The quantitative estimate of drug-likeness (QED) is 0.387. The zero-order chi connectivity index (χ0) is 27.8. The monoisotopic (exact) mass is 511 g/mol. The fraction of sp³-hybridized carbons (Fsp3) is 0.483. The summed E-state index contributed by atoms with van der Waals surface area (Å²) < 4.78 is 5.27. The van der Waals surface area contributed by atoms with E-state index in [0.717, 1.165) is 12.0 Å². The van der Waals surface area contributed by atoms with Crippen molar-refractivity contribution in [3.05, 3.63) is 59.7 Å². The number of rotatable bonds is 10. The van der Waals surface area contributed by atoms with E-state index in [1.54, 1.807) is 45.0 Å². The fourth-order valence-corrected chi connectivity index (χ4v) is 3.96. The molecule has 2 aromatic carbocycles. The van der Waals surface area contributed by atoms with Gasteiger partial charge in [-0.25, -0.2) is 4.79 Å². The minimum Gasteiger partial charge on any atom is -0.508 e. The molecule has 0 aromatic heterocycles. The third-order valence-electron chi connectivity index (χ3n) is 5.87. The Balaban J connectivity index is 2.47. The maximum absolute atomic E-state index is 13.8. The predicted molar refractivity (Wildman–Crippen MR) is 145 cm³/mol. The Kier molecular flexibility index (Phi) is 10.5. The minimum atomic E-state index is -1.13. The third-order valence-corrected chi connectivity index (χ3v) is 5.87. The molecule has 3 N–H and O–H groups in total. The predicted octanol–water partition coefficient (Wildman–Crippen LogP) is 5.56. The van der Waals surface area contributed by atoms with Crippen LogP contribution in [-0.4, -0.2) is 46.1 Å². The molecule has 0 aliphatic heterocycles. The van der Waals surface area contributed by atoms with E-state index in [1.165, 1.54) is 11.0 Å². The average molecular weight is 512 g/mol. The first-order valence-electron chi connectivity index (χ1n) is 12.7. The molecule has 0 heterocycles. The molecular weight excluding hydrogens is 470 g/mol. The number of phenolic OH excluding ortho intramolecular Hbond substituents is 1. The maximum atomic E-state index is 13.8. The van der Waals surface area contributed by atoms with Gasteiger partial charge >= 0.3 is 6.09 Å². The van der Waals surface area contributed by atoms with Gasteiger partial charge in [0.2, 0.25) is 5.91 Å². The summed E-state index contributed by atoms with van der Waals surface area (Å²) in [5, 5.41) is 16.2. The van der Waals surface area contributed by atoms with Crippen molar-refractivity contribution >= 4 is 23.6 Å². The van der Waals surface area contributed by atoms with Gasteiger partial charge in [0.1, 0.15) is 23.9 Å². The molecule has 0 spiro atoms. The molecule has 2 aromatic rings. The standard InChI is InChI=1S/C29H41N3O5/c1-19(2)16-17-21(4)32(25(34)18-30-28(36)37-29(5,6)7)26(22-13-9-11-15-24(22)33)27(35)31-23-14-10-8-12-20(23)3/h8-15,19,21,26,33H,16-18H2,1-7H3,(H,30,36)(H,31,35). The molecule has 0 fully saturated rings. The maximum Gasteiger partial charge on any atom is 0.408 e. The second kappa shape index (κ2) is 13.1. The molecule has 0 aliphatic carbocycles. The molecule has 0 radical (unpaired) electrons. The van der Waals surface area contributed by atoms with Crippen LogP contribution in [-0.2, 0) is 14.3 Å². The number of hydrogen-bond donors (Lipinski definition) is 3. The lowest BCUT2D eigenvalue weighted by atomic mass is 9.97. The zero-order valence-electron chi connectivity index (χ0n) is 23.0. The van der Waals surface area contributed by atoms with Gasteiger partial charge in [-0.2, -0.15) is 0 Å². The number of phenols is 1. The number of para-hydroxylation sites is 2. The molecule has 2 atom stereocenters. The zero-order valence-corrected chi connectivity index (χ0v) is 23.0. The average Bonchev–Trinajstić information content (AvgIpc) is 2.80. The first kappa shape index (κ1) is 29.7. The van der Waals surface area contributed by atoms with Crippen LogP contribution >= 0.6 is 0 Å². The highest BCUT2D eigenvalue weighted by Gasteiger charge is 2.36. The number of nitrogens with zero attached hydrogens (tertiary/aromatic N) is 1. The topological polar surface area (TPSA) is 108 Å². The SMILES string of the molecule is Cc1ccccc1NC(=O)C(c1ccccc1O)N(C(=O)CNC(=O)OC(C)(C)C)C(C)CCC(C)C. The van der Waals surface area contributed by atoms with Crippen LogP contribution in [0.5, 0.6) is 5.75 Å². The van der Waals surface area contributed by atoms with E-state index in [-0.39, 0.29) is 18.3 Å². The number of anilines is 1. The van der Waals surface area contributed by atoms with Crippen LogP contribution in [0.1, 0.15) is 71.6 Å². The lowest BCUT2D eigenvalue weighted by Crippen LogP contribution is -2.50. The van der Waals surface area contributed by atoms with Crippen LogP contribution in [0.25, 0.3) is 0 Å². The summed E-state index contributed by atoms with van der Waals surface area (Å²) in [4.78, 5) is 41.2. The molecule has 0 bridgehead atoms. The smallest absolute Gasteiger partial charge is 0.408 e. The second-order valence-corrected chi connectivity index (χ2v) is 10.7. The molecule has 0 aliphatic rings. The summed E-state index contributed by atoms with van der Waals surface area (Å²) in [5.41, 5.74) is 1.06. The summed E-state index contributed by atoms with van der Waals surface area (Å²) in [6.07, 6.45) is 0.744. The van der Waals surface area contributed by atoms with Crippen LogP contribution in [0, 0.1) is 12.8 Å². The van der Waals surface area contributed by atoms with E-state index in [4.69, 9.17) is 4.74 Å². The minimum absolute atomic E-state index is 0.0959. The van der Waals surface area contributed by atoms with Crippen molar-refractivity contribution in [2.24, 2.45) is 5.92 Å². The Morgan fingerprint density at radius 1 is 0.973 bits per heavy atom. The number of aryl methyl sites for hydroxylation is 1. The van der Waals surface area contributed by atoms with Crippen molar-refractivity contribution in [3.63, 3.8) is 0 Å². The van der Waals surface area contributed by atoms with Crippen LogP contribution in [0.3, 0.4) is 0 Å². The van der Waals surface area contributed by atoms with E-state index in [1.807, 2.05) is 32.0 Å². The number of ether oxygens (including phenoxy) is 1. The molecular formula is C29H41N3O5. The molecule has 8 heteroatoms. The molecule has 8 nitrogen and oxygen atoms in total. The summed E-state index contributed by atoms with van der Waals surface area (Å²) in [7, 11) is 0. The van der Waals surface area contributed by atoms with E-state index in [2.05, 4.69) is 24.5 Å². The fourth-order valence-electron chi connectivity index (χ4n) is 3.96. The molecule has 2 rings (SSSR count). The number of hydrogen-bond acceptors (Lipinski definition) is 5. The van der Waals surface area contributed by atoms with Crippen molar-refractivity contribution in [1.82, 2.24) is 10.2 Å². The van der Waals surface area contributed by atoms with Gasteiger partial charge in [-0.05, 0) is 71.1 Å². The summed E-state index contributed by atoms with van der Waals surface area (Å²) in [6.45, 7) is 12.8. The Hall–Kier alpha value is -3.55. The summed E-state index contributed by atoms with van der Waals surface area (Å²) in [6, 6.07) is 12.4. The highest BCUT2D eigenvalue weighted by molar-refractivity contribution is 5.99. The largest absolute Gasteiger partial charge is 0.508 e. The summed E-state index contributed by atoms with van der Waals surface area (Å²) >= 11 is 0. The highest BCUT2D eigenvalue weighted by Crippen LogP contribution is 2.33. The van der Waals surface area contributed by atoms with Gasteiger partial charge in [-0.1, -0.05) is 50.2 Å². The van der Waals surface area contributed by atoms with Crippen LogP contribution in [0.4, 0.5) is 10.5 Å². The Bertz CT molecular complexity index is 1080. The first-order chi connectivity index (χ1) is 17.3. The number of aromatic hydroxyl groups is 1. The number of nitrogens with one attached hydrogen (secondary N) is 2. The van der Waals surface area contributed by atoms with Crippen molar-refractivity contribution < 1.29 is 24.2 Å². The molecule has 202 valence electrons. The number of amides is 3. The van der Waals surface area contributed by atoms with Crippen molar-refractivity contribution in [3.8, 4) is 5.75 Å². The molecule has 37 heavy (non-hydrogen) atoms. The number of alkyl carbamates (subject to hydrolysis) is 1. The lowest BCUT2D eigenvalue weighted by molar-refractivity contribution is -0.141. The second-order valence-electron chi connectivity index (χ2n) is 10.7. The number of carbonyl (C=O) groups is 3. The molecule has 0 saturated heterocycles. The van der Waals surface area contributed by atoms with E-state index < -0.39 is 29.6 Å². The van der Waals surface area contributed by atoms with Gasteiger partial charge in [0, 0.05) is 17.3 Å². The van der Waals surface area contributed by atoms with Crippen molar-refractivity contribution in [1.29, 1.82) is 0 Å². The van der Waals surface area contributed by atoms with Gasteiger partial charge in [0.25, 0.3) is 5.91 Å². The lowest BCUT2D eigenvalue weighted by Gasteiger charge is -2.37. The Morgan fingerprint density at radius 3 is 2.19 bits per heavy atom. The number of benzene rings is 2. The Labute approximate surface area is 220 Å². The normalized spacial score (nSPS) is 13.0. The van der Waals surface area contributed by atoms with Crippen molar-refractivity contribution in [2.75, 3.05) is 11.9 Å². The van der Waals surface area contributed by atoms with Crippen LogP contribution < -0.4 is 10.6 Å². The number of carbonyl (C=O) groups excluding carboxylic acids is 3. The van der Waals surface area contributed by atoms with E-state index in [9.17, 15) is 19.5 Å². The van der Waals surface area contributed by atoms with E-state index >= 15 is 0 Å². The summed E-state index contributed by atoms with van der Waals surface area (Å²) in [5.74, 6) is -0.627. The Morgan fingerprint density at radius 2 is 1.59 bits per heavy atom. The molecule has 3 amide bonds. The van der Waals surface area contributed by atoms with Crippen molar-refractivity contribution in [2.45, 2.75) is 79.0 Å². The van der Waals surface area contributed by atoms with Gasteiger partial charge in [-0.3, -0.25) is 9.59 Å². The van der Waals surface area contributed by atoms with E-state index in [0.29, 0.717) is 23.6 Å². The van der Waals surface area contributed by atoms with Crippen LogP contribution in [0.2, 0.25) is 0 Å². The van der Waals surface area contributed by atoms with Gasteiger partial charge < -0.3 is 25.4 Å². The van der Waals surface area contributed by atoms with Crippen LogP contribution in [0.15, 0.2) is 48.5 Å². The van der Waals surface area contributed by atoms with Gasteiger partial charge in [0.05, 0.1) is 0 Å².